The van der Waals surface area contributed by atoms with Crippen molar-refractivity contribution in [1.82, 2.24) is 15.3 Å². The summed E-state index contributed by atoms with van der Waals surface area (Å²) in [6.07, 6.45) is 1.63. The van der Waals surface area contributed by atoms with Crippen molar-refractivity contribution < 1.29 is 4.79 Å². The van der Waals surface area contributed by atoms with Crippen LogP contribution in [0.25, 0.3) is 0 Å². The zero-order valence-corrected chi connectivity index (χ0v) is 12.9. The highest BCUT2D eigenvalue weighted by Crippen LogP contribution is 2.10. The molecule has 1 amide bonds. The molecule has 0 atom stereocenters. The fraction of sp³-hybridized carbons (Fsp3) is 0.235. The standard InChI is InChI=1S/C17H20N4O/c1-4-9-18-16(22)15-10-13(3)20-17(21-15)19-11-14-8-6-5-7-12(14)2/h4-8,10H,1,9,11H2,2-3H3,(H,18,22)(H,19,20,21). The lowest BCUT2D eigenvalue weighted by Crippen LogP contribution is -2.25. The number of hydrogen-bond donors (Lipinski definition) is 2. The zero-order valence-electron chi connectivity index (χ0n) is 12.9. The molecule has 0 radical (unpaired) electrons. The highest BCUT2D eigenvalue weighted by Gasteiger charge is 2.09. The number of carbonyl (C=O) groups is 1. The number of nitrogens with zero attached hydrogens (tertiary/aromatic N) is 2. The van der Waals surface area contributed by atoms with Crippen LogP contribution in [-0.4, -0.2) is 22.4 Å². The second-order valence-electron chi connectivity index (χ2n) is 5.00. The van der Waals surface area contributed by atoms with Crippen molar-refractivity contribution in [2.45, 2.75) is 20.4 Å². The predicted octanol–water partition coefficient (Wildman–Crippen LogP) is 2.62. The Morgan fingerprint density at radius 1 is 1.27 bits per heavy atom. The Labute approximate surface area is 130 Å². The van der Waals surface area contributed by atoms with E-state index in [0.29, 0.717) is 24.7 Å². The number of anilines is 1. The number of amides is 1. The molecule has 5 heteroatoms. The van der Waals surface area contributed by atoms with E-state index in [4.69, 9.17) is 0 Å². The first-order valence-corrected chi connectivity index (χ1v) is 7.13. The van der Waals surface area contributed by atoms with Crippen LogP contribution in [0.3, 0.4) is 0 Å². The molecule has 0 fully saturated rings. The van der Waals surface area contributed by atoms with Gasteiger partial charge in [0.2, 0.25) is 5.95 Å². The van der Waals surface area contributed by atoms with E-state index in [0.717, 1.165) is 5.69 Å². The quantitative estimate of drug-likeness (QED) is 0.804. The molecule has 1 aromatic carbocycles. The van der Waals surface area contributed by atoms with Crippen LogP contribution in [0.2, 0.25) is 0 Å². The average Bonchev–Trinajstić information content (AvgIpc) is 2.51. The number of aryl methyl sites for hydroxylation is 2. The van der Waals surface area contributed by atoms with Gasteiger partial charge in [0, 0.05) is 18.8 Å². The zero-order chi connectivity index (χ0) is 15.9. The summed E-state index contributed by atoms with van der Waals surface area (Å²) >= 11 is 0. The van der Waals surface area contributed by atoms with Crippen molar-refractivity contribution >= 4 is 11.9 Å². The van der Waals surface area contributed by atoms with E-state index in [1.165, 1.54) is 11.1 Å². The van der Waals surface area contributed by atoms with Gasteiger partial charge in [0.15, 0.2) is 0 Å². The number of rotatable bonds is 6. The van der Waals surface area contributed by atoms with Crippen molar-refractivity contribution in [3.05, 3.63) is 65.5 Å². The van der Waals surface area contributed by atoms with Crippen LogP contribution >= 0.6 is 0 Å². The van der Waals surface area contributed by atoms with Crippen molar-refractivity contribution in [2.75, 3.05) is 11.9 Å². The van der Waals surface area contributed by atoms with Crippen LogP contribution in [0.4, 0.5) is 5.95 Å². The highest BCUT2D eigenvalue weighted by molar-refractivity contribution is 5.92. The molecule has 22 heavy (non-hydrogen) atoms. The number of aromatic nitrogens is 2. The van der Waals surface area contributed by atoms with E-state index in [9.17, 15) is 4.79 Å². The van der Waals surface area contributed by atoms with E-state index in [2.05, 4.69) is 46.2 Å². The lowest BCUT2D eigenvalue weighted by atomic mass is 10.1. The largest absolute Gasteiger partial charge is 0.350 e. The summed E-state index contributed by atoms with van der Waals surface area (Å²) in [7, 11) is 0. The second kappa shape index (κ2) is 7.36. The molecule has 0 saturated carbocycles. The van der Waals surface area contributed by atoms with Crippen molar-refractivity contribution in [2.24, 2.45) is 0 Å². The number of carbonyl (C=O) groups excluding carboxylic acids is 1. The lowest BCUT2D eigenvalue weighted by Gasteiger charge is -2.09. The Balaban J connectivity index is 2.11. The third kappa shape index (κ3) is 4.15. The molecule has 0 aliphatic rings. The van der Waals surface area contributed by atoms with Gasteiger partial charge < -0.3 is 10.6 Å². The normalized spacial score (nSPS) is 10.1. The molecule has 2 rings (SSSR count). The number of nitrogens with one attached hydrogen (secondary N) is 2. The van der Waals surface area contributed by atoms with E-state index < -0.39 is 0 Å². The highest BCUT2D eigenvalue weighted by atomic mass is 16.1. The topological polar surface area (TPSA) is 66.9 Å². The molecular formula is C17H20N4O. The fourth-order valence-electron chi connectivity index (χ4n) is 2.00. The van der Waals surface area contributed by atoms with Crippen LogP contribution in [0.5, 0.6) is 0 Å². The van der Waals surface area contributed by atoms with Crippen molar-refractivity contribution in [1.29, 1.82) is 0 Å². The Bertz CT molecular complexity index is 682. The maximum atomic E-state index is 12.0. The van der Waals surface area contributed by atoms with Gasteiger partial charge in [-0.3, -0.25) is 4.79 Å². The Kier molecular flexibility index (Phi) is 5.25. The van der Waals surface area contributed by atoms with E-state index >= 15 is 0 Å². The van der Waals surface area contributed by atoms with E-state index in [-0.39, 0.29) is 5.91 Å². The minimum absolute atomic E-state index is 0.232. The summed E-state index contributed by atoms with van der Waals surface area (Å²) in [5, 5.41) is 5.88. The van der Waals surface area contributed by atoms with Gasteiger partial charge in [-0.1, -0.05) is 30.3 Å². The molecule has 0 aliphatic carbocycles. The van der Waals surface area contributed by atoms with Gasteiger partial charge in [0.05, 0.1) is 0 Å². The molecule has 0 unspecified atom stereocenters. The van der Waals surface area contributed by atoms with Crippen molar-refractivity contribution in [3.63, 3.8) is 0 Å². The molecule has 0 bridgehead atoms. The minimum atomic E-state index is -0.232. The van der Waals surface area contributed by atoms with Crippen molar-refractivity contribution in [3.8, 4) is 0 Å². The van der Waals surface area contributed by atoms with Gasteiger partial charge in [-0.05, 0) is 31.0 Å². The summed E-state index contributed by atoms with van der Waals surface area (Å²) in [5.74, 6) is 0.219. The molecule has 0 spiro atoms. The van der Waals surface area contributed by atoms with E-state index in [1.54, 1.807) is 12.1 Å². The first-order valence-electron chi connectivity index (χ1n) is 7.13. The molecule has 2 N–H and O–H groups in total. The van der Waals surface area contributed by atoms with Gasteiger partial charge in [-0.15, -0.1) is 6.58 Å². The average molecular weight is 296 g/mol. The molecule has 5 nitrogen and oxygen atoms in total. The lowest BCUT2D eigenvalue weighted by molar-refractivity contribution is 0.0953. The Hall–Kier alpha value is -2.69. The van der Waals surface area contributed by atoms with Gasteiger partial charge in [0.25, 0.3) is 5.91 Å². The summed E-state index contributed by atoms with van der Waals surface area (Å²) in [4.78, 5) is 20.5. The van der Waals surface area contributed by atoms with E-state index in [1.807, 2.05) is 19.1 Å². The monoisotopic (exact) mass is 296 g/mol. The minimum Gasteiger partial charge on any atom is -0.350 e. The van der Waals surface area contributed by atoms with Crippen LogP contribution in [-0.2, 0) is 6.54 Å². The van der Waals surface area contributed by atoms with Gasteiger partial charge in [-0.25, -0.2) is 9.97 Å². The Morgan fingerprint density at radius 2 is 2.05 bits per heavy atom. The predicted molar refractivity (Wildman–Crippen MR) is 87.8 cm³/mol. The molecule has 2 aromatic rings. The smallest absolute Gasteiger partial charge is 0.270 e. The first kappa shape index (κ1) is 15.7. The molecule has 1 aromatic heterocycles. The fourth-order valence-corrected chi connectivity index (χ4v) is 2.00. The van der Waals surface area contributed by atoms with Gasteiger partial charge in [-0.2, -0.15) is 0 Å². The van der Waals surface area contributed by atoms with Gasteiger partial charge in [0.1, 0.15) is 5.69 Å². The molecule has 114 valence electrons. The van der Waals surface area contributed by atoms with Crippen LogP contribution in [0.15, 0.2) is 43.0 Å². The third-order valence-corrected chi connectivity index (χ3v) is 3.19. The second-order valence-corrected chi connectivity index (χ2v) is 5.00. The summed E-state index contributed by atoms with van der Waals surface area (Å²) in [5.41, 5.74) is 3.46. The van der Waals surface area contributed by atoms with Crippen LogP contribution < -0.4 is 10.6 Å². The summed E-state index contributed by atoms with van der Waals surface area (Å²) in [6, 6.07) is 9.77. The molecule has 0 saturated heterocycles. The number of benzene rings is 1. The Morgan fingerprint density at radius 3 is 2.77 bits per heavy atom. The molecule has 1 heterocycles. The third-order valence-electron chi connectivity index (χ3n) is 3.19. The molecule has 0 aliphatic heterocycles. The van der Waals surface area contributed by atoms with Gasteiger partial charge >= 0.3 is 0 Å². The maximum absolute atomic E-state index is 12.0. The first-order chi connectivity index (χ1) is 10.6. The van der Waals surface area contributed by atoms with Crippen LogP contribution in [0.1, 0.15) is 27.3 Å². The SMILES string of the molecule is C=CCNC(=O)c1cc(C)nc(NCc2ccccc2C)n1. The van der Waals surface area contributed by atoms with Crippen LogP contribution in [0, 0.1) is 13.8 Å². The summed E-state index contributed by atoms with van der Waals surface area (Å²) in [6.45, 7) is 8.49. The number of hydrogen-bond acceptors (Lipinski definition) is 4. The summed E-state index contributed by atoms with van der Waals surface area (Å²) < 4.78 is 0. The molecular weight excluding hydrogens is 276 g/mol. The maximum Gasteiger partial charge on any atom is 0.270 e.